The lowest BCUT2D eigenvalue weighted by Crippen LogP contribution is -1.75. The summed E-state index contributed by atoms with van der Waals surface area (Å²) in [7, 11) is 0. The number of nitrogens with zero attached hydrogens (tertiary/aromatic N) is 2. The van der Waals surface area contributed by atoms with Gasteiger partial charge in [0.25, 0.3) is 0 Å². The Balaban J connectivity index is 2.33. The molecule has 0 spiro atoms. The fourth-order valence-electron chi connectivity index (χ4n) is 2.16. The van der Waals surface area contributed by atoms with Gasteiger partial charge in [-0.15, -0.1) is 34.0 Å². The summed E-state index contributed by atoms with van der Waals surface area (Å²) in [6, 6.07) is 6.34. The van der Waals surface area contributed by atoms with Crippen LogP contribution in [-0.4, -0.2) is 0 Å². The van der Waals surface area contributed by atoms with Crippen molar-refractivity contribution in [2.75, 3.05) is 0 Å². The van der Waals surface area contributed by atoms with E-state index in [0.29, 0.717) is 11.3 Å². The summed E-state index contributed by atoms with van der Waals surface area (Å²) >= 11 is 4.82. The predicted molar refractivity (Wildman–Crippen MR) is 91.4 cm³/mol. The SMILES string of the molecule is [C-]#[N+]c1c(-c2sccc2C)sc(-c2sccc2C)c1C#N. The van der Waals surface area contributed by atoms with E-state index in [-0.39, 0.29) is 0 Å². The minimum absolute atomic E-state index is 0.496. The number of hydrogen-bond acceptors (Lipinski definition) is 4. The third-order valence-electron chi connectivity index (χ3n) is 3.24. The summed E-state index contributed by atoms with van der Waals surface area (Å²) < 4.78 is 0. The van der Waals surface area contributed by atoms with Crippen LogP contribution in [0.1, 0.15) is 16.7 Å². The molecule has 3 aromatic heterocycles. The number of rotatable bonds is 2. The summed E-state index contributed by atoms with van der Waals surface area (Å²) in [4.78, 5) is 7.70. The van der Waals surface area contributed by atoms with Crippen LogP contribution in [0.15, 0.2) is 22.9 Å². The van der Waals surface area contributed by atoms with Crippen molar-refractivity contribution >= 4 is 39.7 Å². The molecule has 5 heteroatoms. The molecule has 0 atom stereocenters. The quantitative estimate of drug-likeness (QED) is 0.512. The van der Waals surface area contributed by atoms with E-state index in [4.69, 9.17) is 6.57 Å². The molecular weight excluding hydrogens is 316 g/mol. The summed E-state index contributed by atoms with van der Waals surface area (Å²) in [5.74, 6) is 0. The molecule has 0 fully saturated rings. The lowest BCUT2D eigenvalue weighted by atomic mass is 10.1. The first kappa shape index (κ1) is 14.0. The maximum Gasteiger partial charge on any atom is 0.224 e. The predicted octanol–water partition coefficient (Wildman–Crippen LogP) is 6.24. The fraction of sp³-hybridized carbons (Fsp3) is 0.125. The van der Waals surface area contributed by atoms with Crippen LogP contribution in [0.5, 0.6) is 0 Å². The Morgan fingerprint density at radius 1 is 1.00 bits per heavy atom. The summed E-state index contributed by atoms with van der Waals surface area (Å²) in [6.45, 7) is 11.6. The minimum atomic E-state index is 0.496. The Morgan fingerprint density at radius 3 is 2.00 bits per heavy atom. The van der Waals surface area contributed by atoms with Gasteiger partial charge in [-0.25, -0.2) is 4.85 Å². The van der Waals surface area contributed by atoms with Crippen LogP contribution in [-0.2, 0) is 0 Å². The number of hydrogen-bond donors (Lipinski definition) is 0. The van der Waals surface area contributed by atoms with E-state index in [1.165, 1.54) is 0 Å². The van der Waals surface area contributed by atoms with Gasteiger partial charge in [-0.2, -0.15) is 5.26 Å². The first-order chi connectivity index (χ1) is 10.2. The van der Waals surface area contributed by atoms with Crippen LogP contribution < -0.4 is 0 Å². The minimum Gasteiger partial charge on any atom is -0.235 e. The first-order valence-corrected chi connectivity index (χ1v) is 8.78. The Labute approximate surface area is 135 Å². The molecule has 0 N–H and O–H groups in total. The third kappa shape index (κ3) is 2.20. The van der Waals surface area contributed by atoms with Gasteiger partial charge >= 0.3 is 0 Å². The maximum absolute atomic E-state index is 9.52. The Kier molecular flexibility index (Phi) is 3.65. The second-order valence-corrected chi connectivity index (χ2v) is 7.43. The number of thiophene rings is 3. The van der Waals surface area contributed by atoms with Gasteiger partial charge in [0, 0.05) is 9.75 Å². The van der Waals surface area contributed by atoms with Gasteiger partial charge in [0.15, 0.2) is 0 Å². The Morgan fingerprint density at radius 2 is 1.57 bits per heavy atom. The van der Waals surface area contributed by atoms with Gasteiger partial charge < -0.3 is 0 Å². The first-order valence-electron chi connectivity index (χ1n) is 6.20. The second kappa shape index (κ2) is 5.46. The Hall–Kier alpha value is -1.92. The molecule has 0 bridgehead atoms. The molecule has 0 unspecified atom stereocenters. The zero-order chi connectivity index (χ0) is 15.0. The Bertz CT molecular complexity index is 824. The van der Waals surface area contributed by atoms with Crippen LogP contribution >= 0.6 is 34.0 Å². The van der Waals surface area contributed by atoms with Crippen molar-refractivity contribution in [3.05, 3.63) is 51.0 Å². The van der Waals surface area contributed by atoms with Crippen LogP contribution in [0.25, 0.3) is 24.4 Å². The second-order valence-electron chi connectivity index (χ2n) is 4.57. The molecule has 102 valence electrons. The highest BCUT2D eigenvalue weighted by Gasteiger charge is 2.23. The number of nitriles is 1. The molecule has 0 amide bonds. The lowest BCUT2D eigenvalue weighted by molar-refractivity contribution is 1.50. The molecular formula is C16H10N2S3. The molecule has 0 aliphatic carbocycles. The van der Waals surface area contributed by atoms with Crippen molar-refractivity contribution in [3.8, 4) is 25.6 Å². The van der Waals surface area contributed by atoms with E-state index in [0.717, 1.165) is 30.6 Å². The van der Waals surface area contributed by atoms with E-state index < -0.39 is 0 Å². The van der Waals surface area contributed by atoms with E-state index in [1.807, 2.05) is 24.6 Å². The standard InChI is InChI=1S/C16H10N2S3/c1-9-4-6-19-13(9)15-11(8-17)12(18-3)16(21-15)14-10(2)5-7-20-14/h4-7H,1-2H3. The van der Waals surface area contributed by atoms with Crippen molar-refractivity contribution in [1.82, 2.24) is 0 Å². The topological polar surface area (TPSA) is 28.1 Å². The molecule has 0 radical (unpaired) electrons. The highest BCUT2D eigenvalue weighted by Crippen LogP contribution is 2.50. The normalized spacial score (nSPS) is 10.3. The van der Waals surface area contributed by atoms with Crippen LogP contribution in [0, 0.1) is 31.8 Å². The van der Waals surface area contributed by atoms with Gasteiger partial charge in [0.1, 0.15) is 0 Å². The molecule has 2 nitrogen and oxygen atoms in total. The van der Waals surface area contributed by atoms with Crippen LogP contribution in [0.4, 0.5) is 5.69 Å². The van der Waals surface area contributed by atoms with Crippen LogP contribution in [0.3, 0.4) is 0 Å². The maximum atomic E-state index is 9.52. The summed E-state index contributed by atoms with van der Waals surface area (Å²) in [6.07, 6.45) is 0. The van der Waals surface area contributed by atoms with Crippen LogP contribution in [0.2, 0.25) is 0 Å². The third-order valence-corrected chi connectivity index (χ3v) is 6.78. The molecule has 3 heterocycles. The zero-order valence-electron chi connectivity index (χ0n) is 11.4. The van der Waals surface area contributed by atoms with Gasteiger partial charge in [0.2, 0.25) is 5.69 Å². The summed E-state index contributed by atoms with van der Waals surface area (Å²) in [5, 5.41) is 13.6. The van der Waals surface area contributed by atoms with E-state index in [1.54, 1.807) is 34.0 Å². The smallest absolute Gasteiger partial charge is 0.224 e. The molecule has 0 aliphatic heterocycles. The van der Waals surface area contributed by atoms with Gasteiger partial charge in [-0.1, -0.05) is 0 Å². The zero-order valence-corrected chi connectivity index (χ0v) is 13.9. The van der Waals surface area contributed by atoms with Crippen molar-refractivity contribution in [3.63, 3.8) is 0 Å². The largest absolute Gasteiger partial charge is 0.235 e. The van der Waals surface area contributed by atoms with Gasteiger partial charge in [-0.3, -0.25) is 0 Å². The molecule has 3 aromatic rings. The van der Waals surface area contributed by atoms with Crippen molar-refractivity contribution in [2.24, 2.45) is 0 Å². The molecule has 0 aliphatic rings. The molecule has 3 rings (SSSR count). The van der Waals surface area contributed by atoms with E-state index >= 15 is 0 Å². The monoisotopic (exact) mass is 326 g/mol. The molecule has 0 saturated heterocycles. The van der Waals surface area contributed by atoms with Crippen molar-refractivity contribution < 1.29 is 0 Å². The van der Waals surface area contributed by atoms with Gasteiger partial charge in [-0.05, 0) is 47.9 Å². The highest BCUT2D eigenvalue weighted by molar-refractivity contribution is 7.26. The molecule has 0 saturated carbocycles. The molecule has 21 heavy (non-hydrogen) atoms. The van der Waals surface area contributed by atoms with Crippen molar-refractivity contribution in [2.45, 2.75) is 13.8 Å². The average molecular weight is 326 g/mol. The fourth-order valence-corrected chi connectivity index (χ4v) is 5.63. The lowest BCUT2D eigenvalue weighted by Gasteiger charge is -1.96. The van der Waals surface area contributed by atoms with Gasteiger partial charge in [0.05, 0.1) is 28.0 Å². The van der Waals surface area contributed by atoms with E-state index in [9.17, 15) is 5.26 Å². The summed E-state index contributed by atoms with van der Waals surface area (Å²) in [5.41, 5.74) is 3.33. The average Bonchev–Trinajstić information content (AvgIpc) is 3.15. The number of aryl methyl sites for hydroxylation is 2. The van der Waals surface area contributed by atoms with E-state index in [2.05, 4.69) is 23.0 Å². The molecule has 0 aromatic carbocycles. The highest BCUT2D eigenvalue weighted by atomic mass is 32.1. The van der Waals surface area contributed by atoms with Crippen molar-refractivity contribution in [1.29, 1.82) is 5.26 Å².